The van der Waals surface area contributed by atoms with Crippen molar-refractivity contribution in [2.45, 2.75) is 0 Å². The summed E-state index contributed by atoms with van der Waals surface area (Å²) in [5, 5.41) is 9.18. The Hall–Kier alpha value is -3.32. The topological polar surface area (TPSA) is 74.1 Å². The largest absolute Gasteiger partial charge is 0.497 e. The molecular weight excluding hydrogens is 366 g/mol. The van der Waals surface area contributed by atoms with Crippen molar-refractivity contribution in [3.05, 3.63) is 60.0 Å². The van der Waals surface area contributed by atoms with Crippen LogP contribution in [0.2, 0.25) is 5.02 Å². The van der Waals surface area contributed by atoms with E-state index in [1.165, 1.54) is 6.33 Å². The molecule has 0 aliphatic carbocycles. The zero-order valence-electron chi connectivity index (χ0n) is 14.7. The van der Waals surface area contributed by atoms with E-state index in [-0.39, 0.29) is 0 Å². The number of benzene rings is 2. The summed E-state index contributed by atoms with van der Waals surface area (Å²) in [6, 6.07) is 12.9. The highest BCUT2D eigenvalue weighted by molar-refractivity contribution is 6.30. The van der Waals surface area contributed by atoms with E-state index >= 15 is 0 Å². The lowest BCUT2D eigenvalue weighted by Crippen LogP contribution is -2.00. The van der Waals surface area contributed by atoms with Crippen LogP contribution in [0.15, 0.2) is 55.0 Å². The minimum atomic E-state index is 0.628. The Morgan fingerprint density at radius 3 is 2.56 bits per heavy atom. The summed E-state index contributed by atoms with van der Waals surface area (Å²) in [7, 11) is 3.22. The number of nitrogens with one attached hydrogen (secondary N) is 1. The minimum absolute atomic E-state index is 0.628. The Kier molecular flexibility index (Phi) is 4.52. The van der Waals surface area contributed by atoms with Gasteiger partial charge in [-0.25, -0.2) is 14.6 Å². The molecule has 0 spiro atoms. The normalized spacial score (nSPS) is 10.8. The van der Waals surface area contributed by atoms with Gasteiger partial charge in [0, 0.05) is 11.1 Å². The van der Waals surface area contributed by atoms with E-state index < -0.39 is 0 Å². The molecule has 4 aromatic rings. The van der Waals surface area contributed by atoms with E-state index in [0.29, 0.717) is 28.0 Å². The number of halogens is 1. The maximum Gasteiger partial charge on any atom is 0.168 e. The van der Waals surface area contributed by atoms with Crippen LogP contribution in [0.4, 0.5) is 11.5 Å². The van der Waals surface area contributed by atoms with Crippen LogP contribution in [0.1, 0.15) is 0 Å². The molecule has 0 aliphatic heterocycles. The van der Waals surface area contributed by atoms with Crippen molar-refractivity contribution in [3.63, 3.8) is 0 Å². The molecular formula is C19H16ClN5O2. The zero-order chi connectivity index (χ0) is 18.8. The van der Waals surface area contributed by atoms with E-state index in [1.54, 1.807) is 31.2 Å². The molecule has 0 saturated heterocycles. The molecule has 2 aromatic heterocycles. The van der Waals surface area contributed by atoms with Gasteiger partial charge in [-0.1, -0.05) is 11.6 Å². The highest BCUT2D eigenvalue weighted by atomic mass is 35.5. The Labute approximate surface area is 160 Å². The Morgan fingerprint density at radius 2 is 1.81 bits per heavy atom. The molecule has 4 rings (SSSR count). The van der Waals surface area contributed by atoms with E-state index in [1.807, 2.05) is 36.4 Å². The molecule has 0 bridgehead atoms. The summed E-state index contributed by atoms with van der Waals surface area (Å²) in [6.45, 7) is 0. The van der Waals surface area contributed by atoms with Crippen molar-refractivity contribution >= 4 is 34.1 Å². The molecule has 0 fully saturated rings. The number of hydrogen-bond acceptors (Lipinski definition) is 6. The van der Waals surface area contributed by atoms with Crippen LogP contribution in [0.25, 0.3) is 16.7 Å². The van der Waals surface area contributed by atoms with Gasteiger partial charge >= 0.3 is 0 Å². The number of nitrogens with zero attached hydrogens (tertiary/aromatic N) is 4. The van der Waals surface area contributed by atoms with Crippen molar-refractivity contribution in [2.75, 3.05) is 19.5 Å². The van der Waals surface area contributed by atoms with Crippen LogP contribution < -0.4 is 14.8 Å². The predicted octanol–water partition coefficient (Wildman–Crippen LogP) is 4.23. The van der Waals surface area contributed by atoms with Gasteiger partial charge in [0.05, 0.1) is 37.2 Å². The lowest BCUT2D eigenvalue weighted by Gasteiger charge is -2.12. The fourth-order valence-electron chi connectivity index (χ4n) is 2.74. The first kappa shape index (κ1) is 17.1. The van der Waals surface area contributed by atoms with Gasteiger partial charge in [-0.15, -0.1) is 0 Å². The number of anilines is 2. The molecule has 0 saturated carbocycles. The van der Waals surface area contributed by atoms with Gasteiger partial charge in [-0.2, -0.15) is 5.10 Å². The lowest BCUT2D eigenvalue weighted by atomic mass is 10.2. The zero-order valence-corrected chi connectivity index (χ0v) is 15.4. The van der Waals surface area contributed by atoms with Crippen LogP contribution in [0, 0.1) is 0 Å². The first-order chi connectivity index (χ1) is 13.2. The maximum atomic E-state index is 5.97. The highest BCUT2D eigenvalue weighted by Gasteiger charge is 2.13. The summed E-state index contributed by atoms with van der Waals surface area (Å²) in [4.78, 5) is 8.74. The second kappa shape index (κ2) is 7.13. The average molecular weight is 382 g/mol. The maximum absolute atomic E-state index is 5.97. The Bertz CT molecular complexity index is 1100. The van der Waals surface area contributed by atoms with Crippen molar-refractivity contribution in [1.82, 2.24) is 19.7 Å². The van der Waals surface area contributed by atoms with Crippen molar-refractivity contribution in [3.8, 4) is 17.2 Å². The molecule has 1 N–H and O–H groups in total. The quantitative estimate of drug-likeness (QED) is 0.557. The fraction of sp³-hybridized carbons (Fsp3) is 0.105. The Balaban J connectivity index is 1.75. The summed E-state index contributed by atoms with van der Waals surface area (Å²) in [5.74, 6) is 1.98. The van der Waals surface area contributed by atoms with Crippen LogP contribution in [-0.2, 0) is 0 Å². The van der Waals surface area contributed by atoms with Gasteiger partial charge < -0.3 is 14.8 Å². The highest BCUT2D eigenvalue weighted by Crippen LogP contribution is 2.33. The molecule has 0 aliphatic rings. The van der Waals surface area contributed by atoms with E-state index in [9.17, 15) is 0 Å². The molecule has 8 heteroatoms. The number of methoxy groups -OCH3 is 2. The molecule has 136 valence electrons. The molecule has 7 nitrogen and oxygen atoms in total. The van der Waals surface area contributed by atoms with Crippen molar-refractivity contribution in [2.24, 2.45) is 0 Å². The monoisotopic (exact) mass is 381 g/mol. The van der Waals surface area contributed by atoms with E-state index in [2.05, 4.69) is 20.4 Å². The summed E-state index contributed by atoms with van der Waals surface area (Å²) in [6.07, 6.45) is 3.22. The summed E-state index contributed by atoms with van der Waals surface area (Å²) in [5.41, 5.74) is 2.31. The summed E-state index contributed by atoms with van der Waals surface area (Å²) < 4.78 is 12.4. The molecule has 0 amide bonds. The second-order valence-electron chi connectivity index (χ2n) is 5.68. The third-order valence-electron chi connectivity index (χ3n) is 4.10. The average Bonchev–Trinajstić information content (AvgIpc) is 3.14. The van der Waals surface area contributed by atoms with E-state index in [4.69, 9.17) is 21.1 Å². The van der Waals surface area contributed by atoms with Gasteiger partial charge in [0.2, 0.25) is 0 Å². The molecule has 0 unspecified atom stereocenters. The van der Waals surface area contributed by atoms with Crippen LogP contribution >= 0.6 is 11.6 Å². The number of hydrogen-bond donors (Lipinski definition) is 1. The van der Waals surface area contributed by atoms with Gasteiger partial charge in [-0.3, -0.25) is 0 Å². The van der Waals surface area contributed by atoms with Gasteiger partial charge in [0.1, 0.15) is 23.6 Å². The van der Waals surface area contributed by atoms with E-state index in [0.717, 1.165) is 16.8 Å². The molecule has 2 aromatic carbocycles. The number of rotatable bonds is 5. The number of fused-ring (bicyclic) bond motifs is 1. The second-order valence-corrected chi connectivity index (χ2v) is 6.12. The van der Waals surface area contributed by atoms with Gasteiger partial charge in [0.25, 0.3) is 0 Å². The molecule has 2 heterocycles. The first-order valence-corrected chi connectivity index (χ1v) is 8.51. The number of ether oxygens (including phenoxy) is 2. The lowest BCUT2D eigenvalue weighted by molar-refractivity contribution is 0.395. The standard InChI is InChI=1S/C19H16ClN5O2/c1-26-14-7-8-16(17(9-14)27-2)24-18-15-10-23-25(19(15)22-11-21-18)13-5-3-12(20)4-6-13/h3-11H,1-2H3,(H,21,22,24). The van der Waals surface area contributed by atoms with Crippen molar-refractivity contribution in [1.29, 1.82) is 0 Å². The van der Waals surface area contributed by atoms with Crippen LogP contribution in [-0.4, -0.2) is 34.0 Å². The number of aromatic nitrogens is 4. The van der Waals surface area contributed by atoms with Crippen LogP contribution in [0.5, 0.6) is 11.5 Å². The fourth-order valence-corrected chi connectivity index (χ4v) is 2.87. The smallest absolute Gasteiger partial charge is 0.168 e. The third-order valence-corrected chi connectivity index (χ3v) is 4.35. The van der Waals surface area contributed by atoms with Crippen LogP contribution in [0.3, 0.4) is 0 Å². The predicted molar refractivity (Wildman–Crippen MR) is 104 cm³/mol. The van der Waals surface area contributed by atoms with Crippen molar-refractivity contribution < 1.29 is 9.47 Å². The minimum Gasteiger partial charge on any atom is -0.497 e. The molecule has 27 heavy (non-hydrogen) atoms. The Morgan fingerprint density at radius 1 is 1.00 bits per heavy atom. The first-order valence-electron chi connectivity index (χ1n) is 8.13. The van der Waals surface area contributed by atoms with Gasteiger partial charge in [-0.05, 0) is 36.4 Å². The molecule has 0 radical (unpaired) electrons. The SMILES string of the molecule is COc1ccc(Nc2ncnc3c2cnn3-c2ccc(Cl)cc2)c(OC)c1. The third kappa shape index (κ3) is 3.24. The van der Waals surface area contributed by atoms with Gasteiger partial charge in [0.15, 0.2) is 5.65 Å². The molecule has 0 atom stereocenters. The summed E-state index contributed by atoms with van der Waals surface area (Å²) >= 11 is 5.97.